The standard InChI is InChI=1S/C21H16F6N2O9S2/c1-18(2)14-10-13(37-39(32,33)20(22,23)24)4-5-15(14)28(3)19(18)7-6-11-8-12(29(30)31)9-16(17(11)36-19)38-40(34,35)21(25,26)27/h4-10H,1-3H3. The highest BCUT2D eigenvalue weighted by Gasteiger charge is 2.59. The molecule has 11 nitrogen and oxygen atoms in total. The number of hydrogen-bond donors (Lipinski definition) is 0. The molecule has 2 aromatic rings. The molecule has 2 aliphatic heterocycles. The monoisotopic (exact) mass is 618 g/mol. The molecule has 40 heavy (non-hydrogen) atoms. The van der Waals surface area contributed by atoms with Gasteiger partial charge in [0.25, 0.3) is 5.69 Å². The fourth-order valence-electron chi connectivity index (χ4n) is 4.41. The summed E-state index contributed by atoms with van der Waals surface area (Å²) in [6.45, 7) is 2.98. The Hall–Kier alpha value is -3.74. The van der Waals surface area contributed by atoms with Gasteiger partial charge in [0.05, 0.1) is 16.4 Å². The molecule has 218 valence electrons. The van der Waals surface area contributed by atoms with E-state index in [9.17, 15) is 53.3 Å². The summed E-state index contributed by atoms with van der Waals surface area (Å²) in [6, 6.07) is 4.47. The second-order valence-corrected chi connectivity index (χ2v) is 12.2. The summed E-state index contributed by atoms with van der Waals surface area (Å²) in [7, 11) is -10.9. The quantitative estimate of drug-likeness (QED) is 0.154. The predicted molar refractivity (Wildman–Crippen MR) is 125 cm³/mol. The zero-order valence-corrected chi connectivity index (χ0v) is 21.8. The number of ether oxygens (including phenoxy) is 1. The van der Waals surface area contributed by atoms with E-state index in [1.807, 2.05) is 0 Å². The number of hydrogen-bond acceptors (Lipinski definition) is 10. The highest BCUT2D eigenvalue weighted by atomic mass is 32.2. The van der Waals surface area contributed by atoms with Crippen molar-refractivity contribution in [3.63, 3.8) is 0 Å². The summed E-state index contributed by atoms with van der Waals surface area (Å²) >= 11 is 0. The topological polar surface area (TPSA) is 142 Å². The largest absolute Gasteiger partial charge is 0.534 e. The van der Waals surface area contributed by atoms with Gasteiger partial charge in [-0.1, -0.05) is 0 Å². The summed E-state index contributed by atoms with van der Waals surface area (Å²) < 4.78 is 139. The van der Waals surface area contributed by atoms with Crippen LogP contribution < -0.4 is 18.0 Å². The molecule has 0 N–H and O–H groups in total. The average Bonchev–Trinajstić information content (AvgIpc) is 2.95. The second-order valence-electron chi connectivity index (χ2n) is 9.08. The van der Waals surface area contributed by atoms with E-state index in [0.717, 1.165) is 18.2 Å². The number of likely N-dealkylation sites (N-methyl/N-ethyl adjacent to an activating group) is 1. The van der Waals surface area contributed by atoms with E-state index in [1.165, 1.54) is 44.0 Å². The van der Waals surface area contributed by atoms with Crippen molar-refractivity contribution in [3.8, 4) is 17.2 Å². The minimum absolute atomic E-state index is 0.172. The van der Waals surface area contributed by atoms with Gasteiger partial charge in [-0.05, 0) is 49.8 Å². The van der Waals surface area contributed by atoms with E-state index in [1.54, 1.807) is 0 Å². The van der Waals surface area contributed by atoms with Crippen LogP contribution in [0.4, 0.5) is 37.7 Å². The highest BCUT2D eigenvalue weighted by Crippen LogP contribution is 2.56. The first-order valence-electron chi connectivity index (χ1n) is 10.6. The molecule has 2 heterocycles. The molecule has 4 rings (SSSR count). The van der Waals surface area contributed by atoms with Crippen molar-refractivity contribution in [1.29, 1.82) is 0 Å². The van der Waals surface area contributed by atoms with Gasteiger partial charge < -0.3 is 18.0 Å². The van der Waals surface area contributed by atoms with E-state index in [-0.39, 0.29) is 16.8 Å². The molecule has 0 radical (unpaired) electrons. The fraction of sp³-hybridized carbons (Fsp3) is 0.333. The summed E-state index contributed by atoms with van der Waals surface area (Å²) in [6.07, 6.45) is 2.54. The number of halogens is 6. The summed E-state index contributed by atoms with van der Waals surface area (Å²) in [4.78, 5) is 11.7. The lowest BCUT2D eigenvalue weighted by molar-refractivity contribution is -0.385. The molecule has 0 aromatic heterocycles. The van der Waals surface area contributed by atoms with Crippen LogP contribution in [0.15, 0.2) is 36.4 Å². The molecule has 0 saturated heterocycles. The fourth-order valence-corrected chi connectivity index (χ4v) is 5.31. The van der Waals surface area contributed by atoms with Crippen LogP contribution >= 0.6 is 0 Å². The SMILES string of the molecule is CN1c2ccc(OS(=O)(=O)C(F)(F)F)cc2C(C)(C)C12C=Cc1cc([N+](=O)[O-])cc(OS(=O)(=O)C(F)(F)F)c1O2. The molecule has 0 fully saturated rings. The van der Waals surface area contributed by atoms with Crippen LogP contribution in [0.1, 0.15) is 25.0 Å². The summed E-state index contributed by atoms with van der Waals surface area (Å²) in [5.74, 6) is -2.47. The van der Waals surface area contributed by atoms with Gasteiger partial charge in [-0.15, -0.1) is 0 Å². The third-order valence-corrected chi connectivity index (χ3v) is 8.34. The van der Waals surface area contributed by atoms with Crippen molar-refractivity contribution in [1.82, 2.24) is 0 Å². The van der Waals surface area contributed by atoms with Gasteiger partial charge >= 0.3 is 31.3 Å². The van der Waals surface area contributed by atoms with Gasteiger partial charge in [-0.25, -0.2) is 0 Å². The minimum Gasteiger partial charge on any atom is -0.459 e. The maximum Gasteiger partial charge on any atom is 0.534 e. The van der Waals surface area contributed by atoms with E-state index < -0.39 is 70.3 Å². The van der Waals surface area contributed by atoms with Crippen molar-refractivity contribution in [3.05, 3.63) is 57.6 Å². The number of rotatable bonds is 5. The Labute approximate surface area is 221 Å². The number of benzene rings is 2. The third kappa shape index (κ3) is 4.36. The molecule has 1 atom stereocenters. The number of nitro groups is 1. The third-order valence-electron chi connectivity index (χ3n) is 6.39. The van der Waals surface area contributed by atoms with E-state index >= 15 is 0 Å². The van der Waals surface area contributed by atoms with Gasteiger partial charge in [0, 0.05) is 24.4 Å². The van der Waals surface area contributed by atoms with Crippen molar-refractivity contribution in [2.45, 2.75) is 36.0 Å². The molecule has 19 heteroatoms. The van der Waals surface area contributed by atoms with E-state index in [4.69, 9.17) is 4.74 Å². The number of anilines is 1. The molecule has 2 aromatic carbocycles. The Morgan fingerprint density at radius 2 is 1.52 bits per heavy atom. The maximum absolute atomic E-state index is 13.1. The van der Waals surface area contributed by atoms with Crippen LogP contribution in [-0.2, 0) is 25.7 Å². The lowest BCUT2D eigenvalue weighted by Gasteiger charge is -2.45. The van der Waals surface area contributed by atoms with Crippen molar-refractivity contribution in [2.24, 2.45) is 0 Å². The molecule has 2 aliphatic rings. The molecule has 1 spiro atoms. The smallest absolute Gasteiger partial charge is 0.459 e. The molecule has 0 amide bonds. The van der Waals surface area contributed by atoms with Gasteiger partial charge in [0.1, 0.15) is 5.75 Å². The number of nitrogens with zero attached hydrogens (tertiary/aromatic N) is 2. The molecule has 1 unspecified atom stereocenters. The Kier molecular flexibility index (Phi) is 6.31. The van der Waals surface area contributed by atoms with Crippen molar-refractivity contribution < 1.29 is 61.2 Å². The average molecular weight is 618 g/mol. The zero-order chi connectivity index (χ0) is 30.3. The molecular weight excluding hydrogens is 602 g/mol. The molecular formula is C21H16F6N2O9S2. The maximum atomic E-state index is 13.1. The van der Waals surface area contributed by atoms with Crippen molar-refractivity contribution >= 4 is 37.7 Å². The summed E-state index contributed by atoms with van der Waals surface area (Å²) in [5.41, 5.74) is -15.3. The van der Waals surface area contributed by atoms with Crippen LogP contribution in [0.5, 0.6) is 17.2 Å². The molecule has 0 bridgehead atoms. The molecule has 0 saturated carbocycles. The number of fused-ring (bicyclic) bond motifs is 2. The lowest BCUT2D eigenvalue weighted by Crippen LogP contribution is -2.58. The van der Waals surface area contributed by atoms with Gasteiger partial charge in [0.15, 0.2) is 11.5 Å². The number of alkyl halides is 6. The number of non-ortho nitro benzene ring substituents is 1. The normalized spacial score (nSPS) is 20.1. The highest BCUT2D eigenvalue weighted by molar-refractivity contribution is 7.88. The lowest BCUT2D eigenvalue weighted by atomic mass is 9.76. The van der Waals surface area contributed by atoms with Crippen LogP contribution in [0.2, 0.25) is 0 Å². The second kappa shape index (κ2) is 8.63. The minimum atomic E-state index is -6.30. The van der Waals surface area contributed by atoms with Crippen LogP contribution in [0, 0.1) is 10.1 Å². The summed E-state index contributed by atoms with van der Waals surface area (Å²) in [5, 5.41) is 11.3. The Balaban J connectivity index is 1.84. The zero-order valence-electron chi connectivity index (χ0n) is 20.2. The van der Waals surface area contributed by atoms with Crippen LogP contribution in [0.25, 0.3) is 6.08 Å². The van der Waals surface area contributed by atoms with Gasteiger partial charge in [-0.2, -0.15) is 43.2 Å². The first-order valence-corrected chi connectivity index (χ1v) is 13.5. The van der Waals surface area contributed by atoms with Gasteiger partial charge in [-0.3, -0.25) is 10.1 Å². The van der Waals surface area contributed by atoms with Crippen LogP contribution in [0.3, 0.4) is 0 Å². The Morgan fingerprint density at radius 3 is 2.08 bits per heavy atom. The first kappa shape index (κ1) is 29.2. The molecule has 0 aliphatic carbocycles. The van der Waals surface area contributed by atoms with E-state index in [2.05, 4.69) is 8.37 Å². The van der Waals surface area contributed by atoms with Gasteiger partial charge in [0.2, 0.25) is 5.72 Å². The van der Waals surface area contributed by atoms with Crippen molar-refractivity contribution in [2.75, 3.05) is 11.9 Å². The Morgan fingerprint density at radius 1 is 0.950 bits per heavy atom. The van der Waals surface area contributed by atoms with E-state index in [0.29, 0.717) is 6.07 Å². The first-order chi connectivity index (χ1) is 18.0. The van der Waals surface area contributed by atoms with Crippen LogP contribution in [-0.4, -0.2) is 45.5 Å². The number of nitro benzene ring substituents is 1. The predicted octanol–water partition coefficient (Wildman–Crippen LogP) is 4.58. The Bertz CT molecular complexity index is 1670.